The molecule has 1 rings (SSSR count). The highest BCUT2D eigenvalue weighted by molar-refractivity contribution is 5.59. The third kappa shape index (κ3) is 1.48. The normalized spacial score (nSPS) is 9.70. The lowest BCUT2D eigenvalue weighted by Gasteiger charge is -1.98. The van der Waals surface area contributed by atoms with Gasteiger partial charge in [0.05, 0.1) is 0 Å². The summed E-state index contributed by atoms with van der Waals surface area (Å²) in [4.78, 5) is 3.07. The van der Waals surface area contributed by atoms with E-state index >= 15 is 0 Å². The fourth-order valence-corrected chi connectivity index (χ4v) is 0.859. The van der Waals surface area contributed by atoms with Gasteiger partial charge in [0.1, 0.15) is 0 Å². The second-order valence-electron chi connectivity index (χ2n) is 2.23. The van der Waals surface area contributed by atoms with E-state index in [0.29, 0.717) is 6.54 Å². The number of hydrogen-bond donors (Lipinski definition) is 2. The zero-order valence-corrected chi connectivity index (χ0v) is 5.93. The summed E-state index contributed by atoms with van der Waals surface area (Å²) >= 11 is 0. The van der Waals surface area contributed by atoms with Crippen LogP contribution in [-0.4, -0.2) is 11.5 Å². The first-order chi connectivity index (χ1) is 4.84. The summed E-state index contributed by atoms with van der Waals surface area (Å²) in [5.41, 5.74) is 7.53. The van der Waals surface area contributed by atoms with Crippen LogP contribution in [0.1, 0.15) is 12.1 Å². The lowest BCUT2D eigenvalue weighted by atomic mass is 10.1. The number of aromatic nitrogens is 1. The van der Waals surface area contributed by atoms with Crippen molar-refractivity contribution in [1.29, 1.82) is 0 Å². The molecule has 10 heavy (non-hydrogen) atoms. The predicted octanol–water partition coefficient (Wildman–Crippen LogP) is 1.38. The van der Waals surface area contributed by atoms with Crippen molar-refractivity contribution in [3.8, 4) is 0 Å². The smallest absolute Gasteiger partial charge is 0.0407 e. The number of nitrogens with two attached hydrogens (primary N) is 1. The molecule has 0 atom stereocenters. The molecule has 3 N–H and O–H groups in total. The summed E-state index contributed by atoms with van der Waals surface area (Å²) < 4.78 is 0. The van der Waals surface area contributed by atoms with Gasteiger partial charge in [0.15, 0.2) is 0 Å². The molecule has 1 heterocycles. The third-order valence-electron chi connectivity index (χ3n) is 1.42. The molecule has 0 spiro atoms. The molecular weight excluding hydrogens is 124 g/mol. The van der Waals surface area contributed by atoms with Gasteiger partial charge in [-0.1, -0.05) is 6.58 Å². The molecule has 1 aromatic heterocycles. The minimum atomic E-state index is 0.665. The van der Waals surface area contributed by atoms with Gasteiger partial charge in [-0.15, -0.1) is 0 Å². The molecule has 0 bridgehead atoms. The summed E-state index contributed by atoms with van der Waals surface area (Å²) in [6, 6.07) is 3.95. The minimum absolute atomic E-state index is 0.665. The molecule has 0 aliphatic rings. The number of nitrogens with one attached hydrogen (secondary N) is 1. The van der Waals surface area contributed by atoms with Crippen LogP contribution in [0.3, 0.4) is 0 Å². The van der Waals surface area contributed by atoms with Gasteiger partial charge in [-0.3, -0.25) is 0 Å². The Balaban J connectivity index is 2.59. The van der Waals surface area contributed by atoms with Gasteiger partial charge in [-0.2, -0.15) is 0 Å². The SMILES string of the molecule is C=C(CCN)c1ccc[nH]1. The Bertz CT molecular complexity index is 199. The van der Waals surface area contributed by atoms with Crippen molar-refractivity contribution in [2.75, 3.05) is 6.54 Å². The highest BCUT2D eigenvalue weighted by atomic mass is 14.7. The van der Waals surface area contributed by atoms with Gasteiger partial charge < -0.3 is 10.7 Å². The number of aromatic amines is 1. The van der Waals surface area contributed by atoms with E-state index in [1.807, 2.05) is 18.3 Å². The maximum absolute atomic E-state index is 5.36. The zero-order valence-electron chi connectivity index (χ0n) is 5.93. The van der Waals surface area contributed by atoms with E-state index in [0.717, 1.165) is 17.7 Å². The topological polar surface area (TPSA) is 41.8 Å². The Morgan fingerprint density at radius 2 is 2.50 bits per heavy atom. The Morgan fingerprint density at radius 3 is 3.00 bits per heavy atom. The highest BCUT2D eigenvalue weighted by Gasteiger charge is 1.95. The van der Waals surface area contributed by atoms with Gasteiger partial charge in [-0.25, -0.2) is 0 Å². The molecule has 0 saturated carbocycles. The molecule has 1 aromatic rings. The third-order valence-corrected chi connectivity index (χ3v) is 1.42. The van der Waals surface area contributed by atoms with Crippen LogP contribution in [0.2, 0.25) is 0 Å². The largest absolute Gasteiger partial charge is 0.361 e. The molecule has 0 unspecified atom stereocenters. The maximum Gasteiger partial charge on any atom is 0.0407 e. The number of hydrogen-bond acceptors (Lipinski definition) is 1. The van der Waals surface area contributed by atoms with Crippen LogP contribution in [0.15, 0.2) is 24.9 Å². The first kappa shape index (κ1) is 7.09. The second kappa shape index (κ2) is 3.22. The highest BCUT2D eigenvalue weighted by Crippen LogP contribution is 2.11. The Morgan fingerprint density at radius 1 is 1.70 bits per heavy atom. The summed E-state index contributed by atoms with van der Waals surface area (Å²) in [6.07, 6.45) is 2.75. The summed E-state index contributed by atoms with van der Waals surface area (Å²) in [7, 11) is 0. The van der Waals surface area contributed by atoms with E-state index in [2.05, 4.69) is 11.6 Å². The van der Waals surface area contributed by atoms with Crippen molar-refractivity contribution in [2.45, 2.75) is 6.42 Å². The van der Waals surface area contributed by atoms with Crippen LogP contribution in [0.5, 0.6) is 0 Å². The van der Waals surface area contributed by atoms with E-state index in [1.165, 1.54) is 0 Å². The van der Waals surface area contributed by atoms with Crippen LogP contribution in [0, 0.1) is 0 Å². The van der Waals surface area contributed by atoms with E-state index in [1.54, 1.807) is 0 Å². The first-order valence-electron chi connectivity index (χ1n) is 3.36. The maximum atomic E-state index is 5.36. The molecular formula is C8H12N2. The molecule has 2 heteroatoms. The molecule has 0 saturated heterocycles. The average molecular weight is 136 g/mol. The van der Waals surface area contributed by atoms with Crippen LogP contribution in [-0.2, 0) is 0 Å². The quantitative estimate of drug-likeness (QED) is 0.647. The van der Waals surface area contributed by atoms with E-state index in [9.17, 15) is 0 Å². The van der Waals surface area contributed by atoms with Gasteiger partial charge in [0, 0.05) is 11.9 Å². The van der Waals surface area contributed by atoms with Crippen molar-refractivity contribution in [2.24, 2.45) is 5.73 Å². The van der Waals surface area contributed by atoms with E-state index < -0.39 is 0 Å². The second-order valence-corrected chi connectivity index (χ2v) is 2.23. The molecule has 0 radical (unpaired) electrons. The fourth-order valence-electron chi connectivity index (χ4n) is 0.859. The number of H-pyrrole nitrogens is 1. The first-order valence-corrected chi connectivity index (χ1v) is 3.36. The van der Waals surface area contributed by atoms with Crippen LogP contribution in [0.4, 0.5) is 0 Å². The van der Waals surface area contributed by atoms with Crippen molar-refractivity contribution in [3.63, 3.8) is 0 Å². The van der Waals surface area contributed by atoms with Crippen molar-refractivity contribution in [3.05, 3.63) is 30.6 Å². The zero-order chi connectivity index (χ0) is 7.40. The molecule has 0 fully saturated rings. The van der Waals surface area contributed by atoms with Crippen molar-refractivity contribution in [1.82, 2.24) is 4.98 Å². The summed E-state index contributed by atoms with van der Waals surface area (Å²) in [5.74, 6) is 0. The van der Waals surface area contributed by atoms with Gasteiger partial charge >= 0.3 is 0 Å². The molecule has 0 aliphatic heterocycles. The summed E-state index contributed by atoms with van der Waals surface area (Å²) in [6.45, 7) is 4.54. The molecule has 54 valence electrons. The average Bonchev–Trinajstić information content (AvgIpc) is 2.38. The van der Waals surface area contributed by atoms with Crippen LogP contribution in [0.25, 0.3) is 5.57 Å². The van der Waals surface area contributed by atoms with Crippen molar-refractivity contribution >= 4 is 5.57 Å². The summed E-state index contributed by atoms with van der Waals surface area (Å²) in [5, 5.41) is 0. The lowest BCUT2D eigenvalue weighted by Crippen LogP contribution is -1.99. The van der Waals surface area contributed by atoms with Crippen LogP contribution < -0.4 is 5.73 Å². The van der Waals surface area contributed by atoms with E-state index in [4.69, 9.17) is 5.73 Å². The Hall–Kier alpha value is -1.02. The van der Waals surface area contributed by atoms with Crippen LogP contribution >= 0.6 is 0 Å². The number of rotatable bonds is 3. The van der Waals surface area contributed by atoms with Gasteiger partial charge in [-0.05, 0) is 30.7 Å². The van der Waals surface area contributed by atoms with Gasteiger partial charge in [0.2, 0.25) is 0 Å². The molecule has 2 nitrogen and oxygen atoms in total. The monoisotopic (exact) mass is 136 g/mol. The molecule has 0 aromatic carbocycles. The Kier molecular flexibility index (Phi) is 2.29. The molecule has 0 amide bonds. The van der Waals surface area contributed by atoms with Crippen molar-refractivity contribution < 1.29 is 0 Å². The fraction of sp³-hybridized carbons (Fsp3) is 0.250. The predicted molar refractivity (Wildman–Crippen MR) is 43.5 cm³/mol. The standard InChI is InChI=1S/C8H12N2/c1-7(4-5-9)8-3-2-6-10-8/h2-3,6,10H,1,4-5,9H2. The van der Waals surface area contributed by atoms with Gasteiger partial charge in [0.25, 0.3) is 0 Å². The van der Waals surface area contributed by atoms with E-state index in [-0.39, 0.29) is 0 Å². The minimum Gasteiger partial charge on any atom is -0.361 e. The Labute approximate surface area is 60.8 Å². The lowest BCUT2D eigenvalue weighted by molar-refractivity contribution is 1.02. The molecule has 0 aliphatic carbocycles.